The summed E-state index contributed by atoms with van der Waals surface area (Å²) in [5, 5.41) is 7.35. The molecule has 0 aromatic carbocycles. The lowest BCUT2D eigenvalue weighted by molar-refractivity contribution is -0.140. The summed E-state index contributed by atoms with van der Waals surface area (Å²) in [5.41, 5.74) is 0. The number of carbonyl (C=O) groups excluding carboxylic acids is 1. The van der Waals surface area contributed by atoms with Gasteiger partial charge in [-0.1, -0.05) is 0 Å². The lowest BCUT2D eigenvalue weighted by atomic mass is 10.8. The Hall–Kier alpha value is -1.13. The Labute approximate surface area is 64.0 Å². The van der Waals surface area contributed by atoms with Gasteiger partial charge in [-0.25, -0.2) is 9.18 Å². The molecule has 0 radical (unpaired) electrons. The lowest BCUT2D eigenvalue weighted by Gasteiger charge is -1.89. The predicted molar refractivity (Wildman–Crippen MR) is 35.9 cm³/mol. The van der Waals surface area contributed by atoms with Gasteiger partial charge in [0.25, 0.3) is 0 Å². The van der Waals surface area contributed by atoms with Crippen LogP contribution in [-0.4, -0.2) is 30.3 Å². The summed E-state index contributed by atoms with van der Waals surface area (Å²) >= 11 is 0. The second-order valence-electron chi connectivity index (χ2n) is 1.45. The molecule has 0 saturated carbocycles. The van der Waals surface area contributed by atoms with Crippen molar-refractivity contribution in [3.05, 3.63) is 0 Å². The molecule has 0 atom stereocenters. The number of hydrogen-bond acceptors (Lipinski definition) is 3. The number of carboxylic acids is 1. The van der Waals surface area contributed by atoms with Crippen molar-refractivity contribution < 1.29 is 23.8 Å². The maximum Gasteiger partial charge on any atom is 0.335 e. The van der Waals surface area contributed by atoms with Crippen LogP contribution in [0, 0.1) is 0 Å². The highest BCUT2D eigenvalue weighted by Gasteiger charge is 1.85. The van der Waals surface area contributed by atoms with Gasteiger partial charge in [-0.3, -0.25) is 4.79 Å². The summed E-state index contributed by atoms with van der Waals surface area (Å²) in [6.07, 6.45) is 0. The van der Waals surface area contributed by atoms with Crippen LogP contribution in [0.4, 0.5) is 4.39 Å². The fourth-order valence-corrected chi connectivity index (χ4v) is 0.203. The number of rotatable bonds is 2. The highest BCUT2D eigenvalue weighted by Crippen LogP contribution is 1.69. The van der Waals surface area contributed by atoms with Gasteiger partial charge in [0.1, 0.15) is 0 Å². The van der Waals surface area contributed by atoms with E-state index in [1.807, 2.05) is 0 Å². The zero-order valence-corrected chi connectivity index (χ0v) is 6.46. The van der Waals surface area contributed by atoms with Crippen LogP contribution < -0.4 is 0 Å². The smallest absolute Gasteiger partial charge is 0.335 e. The zero-order chi connectivity index (χ0) is 9.28. The van der Waals surface area contributed by atoms with E-state index in [9.17, 15) is 9.18 Å². The van der Waals surface area contributed by atoms with Gasteiger partial charge in [0.2, 0.25) is 0 Å². The molecule has 5 heteroatoms. The average Bonchev–Trinajstić information content (AvgIpc) is 1.89. The standard InChI is InChI=1S/C4H8O2.C2H3FO2/c1-3-6-4(2)5;3-1-2(4)5/h3H2,1-2H3;1H2,(H,4,5). The number of esters is 1. The van der Waals surface area contributed by atoms with Crippen molar-refractivity contribution >= 4 is 11.9 Å². The number of aliphatic carboxylic acids is 1. The molecular formula is C6H11FO4. The first-order valence-electron chi connectivity index (χ1n) is 2.95. The van der Waals surface area contributed by atoms with Gasteiger partial charge in [-0.05, 0) is 6.92 Å². The van der Waals surface area contributed by atoms with Crippen molar-refractivity contribution in [2.24, 2.45) is 0 Å². The normalized spacial score (nSPS) is 7.55. The summed E-state index contributed by atoms with van der Waals surface area (Å²) in [4.78, 5) is 18.8. The fraction of sp³-hybridized carbons (Fsp3) is 0.667. The topological polar surface area (TPSA) is 63.6 Å². The van der Waals surface area contributed by atoms with Crippen molar-refractivity contribution in [2.75, 3.05) is 13.3 Å². The number of alkyl halides is 1. The second-order valence-corrected chi connectivity index (χ2v) is 1.45. The maximum atomic E-state index is 10.5. The Morgan fingerprint density at radius 3 is 1.91 bits per heavy atom. The predicted octanol–water partition coefficient (Wildman–Crippen LogP) is 0.610. The largest absolute Gasteiger partial charge is 0.479 e. The minimum Gasteiger partial charge on any atom is -0.479 e. The third kappa shape index (κ3) is 28.0. The van der Waals surface area contributed by atoms with Crippen LogP contribution in [0.5, 0.6) is 0 Å². The van der Waals surface area contributed by atoms with Crippen molar-refractivity contribution in [1.82, 2.24) is 0 Å². The number of hydrogen-bond donors (Lipinski definition) is 1. The van der Waals surface area contributed by atoms with Crippen LogP contribution in [0.15, 0.2) is 0 Å². The van der Waals surface area contributed by atoms with Crippen LogP contribution in [-0.2, 0) is 14.3 Å². The van der Waals surface area contributed by atoms with Crippen LogP contribution in [0.2, 0.25) is 0 Å². The minimum absolute atomic E-state index is 0.211. The summed E-state index contributed by atoms with van der Waals surface area (Å²) in [5.74, 6) is -1.62. The summed E-state index contributed by atoms with van der Waals surface area (Å²) in [6.45, 7) is 2.38. The minimum atomic E-state index is -1.41. The van der Waals surface area contributed by atoms with Crippen molar-refractivity contribution in [3.63, 3.8) is 0 Å². The maximum absolute atomic E-state index is 10.5. The third-order valence-electron chi connectivity index (χ3n) is 0.462. The number of ether oxygens (including phenoxy) is 1. The van der Waals surface area contributed by atoms with Gasteiger partial charge < -0.3 is 9.84 Å². The molecule has 0 unspecified atom stereocenters. The first-order valence-corrected chi connectivity index (χ1v) is 2.95. The highest BCUT2D eigenvalue weighted by molar-refractivity contribution is 5.67. The SMILES string of the molecule is CCOC(C)=O.O=C(O)CF. The molecule has 11 heavy (non-hydrogen) atoms. The molecule has 0 amide bonds. The van der Waals surface area contributed by atoms with E-state index in [2.05, 4.69) is 4.74 Å². The second kappa shape index (κ2) is 8.87. The summed E-state index contributed by atoms with van der Waals surface area (Å²) in [6, 6.07) is 0. The number of halogens is 1. The van der Waals surface area contributed by atoms with Gasteiger partial charge in [-0.2, -0.15) is 0 Å². The fourth-order valence-electron chi connectivity index (χ4n) is 0.203. The molecule has 0 aromatic heterocycles. The lowest BCUT2D eigenvalue weighted by Crippen LogP contribution is -1.95. The third-order valence-corrected chi connectivity index (χ3v) is 0.462. The van der Waals surface area contributed by atoms with E-state index in [0.29, 0.717) is 6.61 Å². The molecule has 0 aliphatic heterocycles. The Balaban J connectivity index is 0. The molecule has 0 aromatic rings. The molecule has 0 bridgehead atoms. The summed E-state index contributed by atoms with van der Waals surface area (Å²) in [7, 11) is 0. The number of carboxylic acid groups (broad SMARTS) is 1. The molecule has 66 valence electrons. The molecule has 4 nitrogen and oxygen atoms in total. The Morgan fingerprint density at radius 2 is 1.91 bits per heavy atom. The van der Waals surface area contributed by atoms with Crippen LogP contribution in [0.1, 0.15) is 13.8 Å². The van der Waals surface area contributed by atoms with Gasteiger partial charge in [-0.15, -0.1) is 0 Å². The molecule has 0 fully saturated rings. The van der Waals surface area contributed by atoms with E-state index in [4.69, 9.17) is 9.90 Å². The van der Waals surface area contributed by atoms with Crippen LogP contribution in [0.3, 0.4) is 0 Å². The molecule has 0 aliphatic rings. The monoisotopic (exact) mass is 166 g/mol. The van der Waals surface area contributed by atoms with Crippen LogP contribution in [0.25, 0.3) is 0 Å². The molecule has 0 rings (SSSR count). The Bertz CT molecular complexity index is 124. The first kappa shape index (κ1) is 12.5. The van der Waals surface area contributed by atoms with Crippen molar-refractivity contribution in [1.29, 1.82) is 0 Å². The van der Waals surface area contributed by atoms with E-state index < -0.39 is 12.6 Å². The van der Waals surface area contributed by atoms with Crippen molar-refractivity contribution in [3.8, 4) is 0 Å². The Morgan fingerprint density at radius 1 is 1.55 bits per heavy atom. The summed E-state index contributed by atoms with van der Waals surface area (Å²) < 4.78 is 14.9. The molecule has 0 saturated heterocycles. The van der Waals surface area contributed by atoms with Gasteiger partial charge >= 0.3 is 11.9 Å². The van der Waals surface area contributed by atoms with E-state index in [1.54, 1.807) is 6.92 Å². The van der Waals surface area contributed by atoms with Gasteiger partial charge in [0.05, 0.1) is 6.61 Å². The average molecular weight is 166 g/mol. The van der Waals surface area contributed by atoms with Crippen molar-refractivity contribution in [2.45, 2.75) is 13.8 Å². The molecule has 0 heterocycles. The number of carbonyl (C=O) groups is 2. The first-order chi connectivity index (χ1) is 5.04. The Kier molecular flexibility index (Phi) is 10.1. The molecule has 1 N–H and O–H groups in total. The van der Waals surface area contributed by atoms with E-state index in [0.717, 1.165) is 0 Å². The highest BCUT2D eigenvalue weighted by atomic mass is 19.1. The van der Waals surface area contributed by atoms with E-state index in [-0.39, 0.29) is 5.97 Å². The quantitative estimate of drug-likeness (QED) is 0.610. The van der Waals surface area contributed by atoms with E-state index >= 15 is 0 Å². The van der Waals surface area contributed by atoms with Gasteiger partial charge in [0.15, 0.2) is 6.67 Å². The zero-order valence-electron chi connectivity index (χ0n) is 6.46. The van der Waals surface area contributed by atoms with Crippen LogP contribution >= 0.6 is 0 Å². The van der Waals surface area contributed by atoms with Gasteiger partial charge in [0, 0.05) is 6.92 Å². The molecule has 0 aliphatic carbocycles. The molecular weight excluding hydrogens is 155 g/mol. The molecule has 0 spiro atoms. The van der Waals surface area contributed by atoms with E-state index in [1.165, 1.54) is 6.92 Å².